The molecule has 0 radical (unpaired) electrons. The largest absolute Gasteiger partial charge is 0.481 e. The molecule has 0 spiro atoms. The third-order valence-corrected chi connectivity index (χ3v) is 4.85. The lowest BCUT2D eigenvalue weighted by molar-refractivity contribution is -0.150. The van der Waals surface area contributed by atoms with Crippen molar-refractivity contribution in [2.45, 2.75) is 53.1 Å². The van der Waals surface area contributed by atoms with Crippen molar-refractivity contribution >= 4 is 12.0 Å². The van der Waals surface area contributed by atoms with Crippen LogP contribution in [0.3, 0.4) is 0 Å². The van der Waals surface area contributed by atoms with E-state index in [4.69, 9.17) is 0 Å². The molecular formula is C15H29N3O3. The smallest absolute Gasteiger partial charge is 0.317 e. The Hall–Kier alpha value is -1.30. The van der Waals surface area contributed by atoms with Crippen LogP contribution in [0.15, 0.2) is 0 Å². The molecule has 21 heavy (non-hydrogen) atoms. The van der Waals surface area contributed by atoms with Crippen molar-refractivity contribution in [3.63, 3.8) is 0 Å². The lowest BCUT2D eigenvalue weighted by Gasteiger charge is -2.42. The lowest BCUT2D eigenvalue weighted by Crippen LogP contribution is -2.61. The summed E-state index contributed by atoms with van der Waals surface area (Å²) < 4.78 is 0. The number of nitrogens with one attached hydrogen (secondary N) is 1. The number of carbonyl (C=O) groups is 2. The van der Waals surface area contributed by atoms with Gasteiger partial charge in [-0.2, -0.15) is 0 Å². The number of urea groups is 1. The molecule has 0 bridgehead atoms. The maximum Gasteiger partial charge on any atom is 0.317 e. The van der Waals surface area contributed by atoms with Crippen LogP contribution >= 0.6 is 0 Å². The Kier molecular flexibility index (Phi) is 5.25. The number of nitrogens with zero attached hydrogens (tertiary/aromatic N) is 2. The van der Waals surface area contributed by atoms with Gasteiger partial charge in [0.15, 0.2) is 0 Å². The highest BCUT2D eigenvalue weighted by Gasteiger charge is 2.45. The van der Waals surface area contributed by atoms with Gasteiger partial charge in [0.1, 0.15) is 0 Å². The van der Waals surface area contributed by atoms with Crippen molar-refractivity contribution in [1.82, 2.24) is 15.1 Å². The quantitative estimate of drug-likeness (QED) is 0.827. The predicted octanol–water partition coefficient (Wildman–Crippen LogP) is 1.61. The molecule has 0 aromatic carbocycles. The molecular weight excluding hydrogens is 270 g/mol. The first kappa shape index (κ1) is 17.8. The molecule has 0 unspecified atom stereocenters. The van der Waals surface area contributed by atoms with Gasteiger partial charge in [-0.3, -0.25) is 9.69 Å². The monoisotopic (exact) mass is 299 g/mol. The van der Waals surface area contributed by atoms with Crippen LogP contribution < -0.4 is 5.32 Å². The summed E-state index contributed by atoms with van der Waals surface area (Å²) in [5.41, 5.74) is -1.87. The summed E-state index contributed by atoms with van der Waals surface area (Å²) in [6, 6.07) is 0.301. The van der Waals surface area contributed by atoms with Crippen LogP contribution in [0.1, 0.15) is 41.5 Å². The Bertz CT molecular complexity index is 397. The third kappa shape index (κ3) is 3.87. The van der Waals surface area contributed by atoms with Gasteiger partial charge in [0.25, 0.3) is 0 Å². The number of carboxylic acid groups (broad SMARTS) is 1. The molecule has 0 aromatic rings. The number of hydrogen-bond acceptors (Lipinski definition) is 3. The molecule has 6 heteroatoms. The fourth-order valence-corrected chi connectivity index (χ4v) is 2.21. The number of piperazine rings is 1. The van der Waals surface area contributed by atoms with Gasteiger partial charge in [-0.05, 0) is 41.5 Å². The van der Waals surface area contributed by atoms with Crippen molar-refractivity contribution in [1.29, 1.82) is 0 Å². The van der Waals surface area contributed by atoms with E-state index < -0.39 is 16.9 Å². The first-order valence-electron chi connectivity index (χ1n) is 7.53. The van der Waals surface area contributed by atoms with Gasteiger partial charge in [-0.25, -0.2) is 4.79 Å². The summed E-state index contributed by atoms with van der Waals surface area (Å²) in [5.74, 6) is -0.919. The van der Waals surface area contributed by atoms with Crippen LogP contribution in [-0.2, 0) is 4.79 Å². The average molecular weight is 299 g/mol. The molecule has 0 aromatic heterocycles. The van der Waals surface area contributed by atoms with Gasteiger partial charge < -0.3 is 15.3 Å². The van der Waals surface area contributed by atoms with E-state index in [0.717, 1.165) is 13.1 Å². The second kappa shape index (κ2) is 6.22. The zero-order valence-electron chi connectivity index (χ0n) is 14.1. The van der Waals surface area contributed by atoms with Crippen molar-refractivity contribution in [3.05, 3.63) is 0 Å². The molecule has 1 aliphatic heterocycles. The molecule has 2 N–H and O–H groups in total. The fraction of sp³-hybridized carbons (Fsp3) is 0.867. The first-order valence-corrected chi connectivity index (χ1v) is 7.53. The second-order valence-electron chi connectivity index (χ2n) is 7.10. The van der Waals surface area contributed by atoms with E-state index in [0.29, 0.717) is 19.1 Å². The van der Waals surface area contributed by atoms with Crippen LogP contribution in [0, 0.1) is 5.41 Å². The molecule has 122 valence electrons. The van der Waals surface area contributed by atoms with Crippen LogP contribution in [-0.4, -0.2) is 64.7 Å². The summed E-state index contributed by atoms with van der Waals surface area (Å²) in [7, 11) is 0. The highest BCUT2D eigenvalue weighted by molar-refractivity contribution is 5.79. The van der Waals surface area contributed by atoms with E-state index in [1.165, 1.54) is 0 Å². The molecule has 1 rings (SSSR count). The Morgan fingerprint density at radius 2 is 1.52 bits per heavy atom. The van der Waals surface area contributed by atoms with Crippen molar-refractivity contribution in [2.24, 2.45) is 5.41 Å². The lowest BCUT2D eigenvalue weighted by atomic mass is 9.74. The van der Waals surface area contributed by atoms with Crippen LogP contribution in [0.2, 0.25) is 0 Å². The SMILES string of the molecule is CC(C)N1CCN(C(=O)NC(C)(C)C(C)(C)C(=O)O)CC1. The highest BCUT2D eigenvalue weighted by Crippen LogP contribution is 2.30. The van der Waals surface area contributed by atoms with Gasteiger partial charge in [0, 0.05) is 32.2 Å². The van der Waals surface area contributed by atoms with Crippen molar-refractivity contribution < 1.29 is 14.7 Å². The number of hydrogen-bond donors (Lipinski definition) is 2. The second-order valence-corrected chi connectivity index (χ2v) is 7.10. The number of carbonyl (C=O) groups excluding carboxylic acids is 1. The zero-order chi connectivity index (χ0) is 16.4. The molecule has 1 heterocycles. The minimum Gasteiger partial charge on any atom is -0.481 e. The van der Waals surface area contributed by atoms with Gasteiger partial charge in [0.2, 0.25) is 0 Å². The number of aliphatic carboxylic acids is 1. The summed E-state index contributed by atoms with van der Waals surface area (Å²) >= 11 is 0. The fourth-order valence-electron chi connectivity index (χ4n) is 2.21. The summed E-state index contributed by atoms with van der Waals surface area (Å²) in [5, 5.41) is 12.2. The molecule has 0 saturated carbocycles. The Balaban J connectivity index is 2.64. The minimum absolute atomic E-state index is 0.183. The third-order valence-electron chi connectivity index (χ3n) is 4.85. The number of rotatable bonds is 4. The van der Waals surface area contributed by atoms with Crippen LogP contribution in [0.25, 0.3) is 0 Å². The highest BCUT2D eigenvalue weighted by atomic mass is 16.4. The Labute approximate surface area is 127 Å². The van der Waals surface area contributed by atoms with Gasteiger partial charge in [0.05, 0.1) is 11.0 Å². The van der Waals surface area contributed by atoms with E-state index in [1.54, 1.807) is 32.6 Å². The summed E-state index contributed by atoms with van der Waals surface area (Å²) in [6.45, 7) is 14.1. The van der Waals surface area contributed by atoms with Crippen LogP contribution in [0.4, 0.5) is 4.79 Å². The molecule has 6 nitrogen and oxygen atoms in total. The Morgan fingerprint density at radius 1 is 1.05 bits per heavy atom. The van der Waals surface area contributed by atoms with Crippen molar-refractivity contribution in [3.8, 4) is 0 Å². The Morgan fingerprint density at radius 3 is 1.90 bits per heavy atom. The van der Waals surface area contributed by atoms with Crippen LogP contribution in [0.5, 0.6) is 0 Å². The maximum absolute atomic E-state index is 12.4. The maximum atomic E-state index is 12.4. The molecule has 1 fully saturated rings. The summed E-state index contributed by atoms with van der Waals surface area (Å²) in [4.78, 5) is 27.8. The molecule has 1 saturated heterocycles. The van der Waals surface area contributed by atoms with Crippen molar-refractivity contribution in [2.75, 3.05) is 26.2 Å². The number of amides is 2. The normalized spacial score (nSPS) is 18.0. The van der Waals surface area contributed by atoms with Gasteiger partial charge in [-0.1, -0.05) is 0 Å². The van der Waals surface area contributed by atoms with E-state index in [1.807, 2.05) is 0 Å². The number of carboxylic acids is 1. The van der Waals surface area contributed by atoms with E-state index in [-0.39, 0.29) is 6.03 Å². The molecule has 0 atom stereocenters. The molecule has 1 aliphatic rings. The first-order chi connectivity index (χ1) is 9.49. The van der Waals surface area contributed by atoms with E-state index in [2.05, 4.69) is 24.1 Å². The average Bonchev–Trinajstić information content (AvgIpc) is 2.37. The summed E-state index contributed by atoms with van der Waals surface area (Å²) in [6.07, 6.45) is 0. The molecule has 2 amide bonds. The minimum atomic E-state index is -1.04. The standard InChI is InChI=1S/C15H29N3O3/c1-11(2)17-7-9-18(10-8-17)13(21)16-15(5,6)14(3,4)12(19)20/h11H,7-10H2,1-6H3,(H,16,21)(H,19,20). The van der Waals surface area contributed by atoms with Gasteiger partial charge in [-0.15, -0.1) is 0 Å². The predicted molar refractivity (Wildman–Crippen MR) is 82.3 cm³/mol. The topological polar surface area (TPSA) is 72.9 Å². The van der Waals surface area contributed by atoms with E-state index in [9.17, 15) is 14.7 Å². The molecule has 0 aliphatic carbocycles. The van der Waals surface area contributed by atoms with E-state index >= 15 is 0 Å². The van der Waals surface area contributed by atoms with Gasteiger partial charge >= 0.3 is 12.0 Å². The zero-order valence-corrected chi connectivity index (χ0v) is 14.1.